The van der Waals surface area contributed by atoms with Crippen molar-refractivity contribution < 1.29 is 9.90 Å². The van der Waals surface area contributed by atoms with E-state index in [0.29, 0.717) is 12.5 Å². The minimum Gasteiger partial charge on any atom is -0.393 e. The third-order valence-electron chi connectivity index (χ3n) is 4.44. The van der Waals surface area contributed by atoms with Gasteiger partial charge in [-0.2, -0.15) is 0 Å². The molecule has 2 atom stereocenters. The summed E-state index contributed by atoms with van der Waals surface area (Å²) in [5.74, 6) is 0.389. The van der Waals surface area contributed by atoms with Gasteiger partial charge in [-0.05, 0) is 55.7 Å². The van der Waals surface area contributed by atoms with Gasteiger partial charge in [-0.15, -0.1) is 0 Å². The summed E-state index contributed by atoms with van der Waals surface area (Å²) in [4.78, 5) is 12.0. The molecule has 1 aromatic heterocycles. The van der Waals surface area contributed by atoms with Gasteiger partial charge < -0.3 is 20.3 Å². The molecule has 0 spiro atoms. The highest BCUT2D eigenvalue weighted by molar-refractivity contribution is 5.92. The number of fused-ring (bicyclic) bond motifs is 1. The summed E-state index contributed by atoms with van der Waals surface area (Å²) in [6, 6.07) is 7.83. The highest BCUT2D eigenvalue weighted by atomic mass is 16.3. The van der Waals surface area contributed by atoms with Crippen molar-refractivity contribution in [3.63, 3.8) is 0 Å². The van der Waals surface area contributed by atoms with Crippen LogP contribution in [0.1, 0.15) is 26.2 Å². The Balaban J connectivity index is 1.59. The Morgan fingerprint density at radius 2 is 2.23 bits per heavy atom. The van der Waals surface area contributed by atoms with Gasteiger partial charge in [0.1, 0.15) is 0 Å². The Labute approximate surface area is 130 Å². The van der Waals surface area contributed by atoms with E-state index >= 15 is 0 Å². The molecule has 1 saturated carbocycles. The molecule has 1 aliphatic carbocycles. The van der Waals surface area contributed by atoms with Crippen molar-refractivity contribution in [1.29, 1.82) is 0 Å². The largest absolute Gasteiger partial charge is 0.393 e. The number of nitrogens with zero attached hydrogens (tertiary/aromatic N) is 1. The maximum Gasteiger partial charge on any atom is 0.319 e. The first-order chi connectivity index (χ1) is 10.7. The molecule has 5 heteroatoms. The molecule has 5 nitrogen and oxygen atoms in total. The Morgan fingerprint density at radius 1 is 1.36 bits per heavy atom. The second kappa shape index (κ2) is 6.40. The van der Waals surface area contributed by atoms with Gasteiger partial charge in [-0.3, -0.25) is 0 Å². The van der Waals surface area contributed by atoms with Crippen LogP contribution in [0.2, 0.25) is 0 Å². The van der Waals surface area contributed by atoms with Gasteiger partial charge in [0.25, 0.3) is 0 Å². The van der Waals surface area contributed by atoms with Crippen LogP contribution >= 0.6 is 0 Å². The van der Waals surface area contributed by atoms with Gasteiger partial charge in [-0.1, -0.05) is 6.07 Å². The van der Waals surface area contributed by atoms with Crippen LogP contribution in [0, 0.1) is 5.92 Å². The van der Waals surface area contributed by atoms with Gasteiger partial charge in [0.05, 0.1) is 11.6 Å². The smallest absolute Gasteiger partial charge is 0.319 e. The first kappa shape index (κ1) is 14.9. The maximum absolute atomic E-state index is 12.0. The predicted octanol–water partition coefficient (Wildman–Crippen LogP) is 2.94. The van der Waals surface area contributed by atoms with Crippen molar-refractivity contribution in [1.82, 2.24) is 9.88 Å². The van der Waals surface area contributed by atoms with E-state index in [1.807, 2.05) is 18.2 Å². The van der Waals surface area contributed by atoms with Crippen LogP contribution < -0.4 is 10.6 Å². The summed E-state index contributed by atoms with van der Waals surface area (Å²) < 4.78 is 2.15. The third-order valence-corrected chi connectivity index (χ3v) is 4.44. The molecule has 0 radical (unpaired) electrons. The SMILES string of the molecule is CCn1ccc2ccc(NC(=O)NC[C@H]3CC[C@@H](O)C3)cc21. The monoisotopic (exact) mass is 301 g/mol. The van der Waals surface area contributed by atoms with E-state index in [1.54, 1.807) is 0 Å². The first-order valence-electron chi connectivity index (χ1n) is 7.97. The lowest BCUT2D eigenvalue weighted by atomic mass is 10.1. The minimum absolute atomic E-state index is 0.185. The molecule has 118 valence electrons. The van der Waals surface area contributed by atoms with Gasteiger partial charge in [0, 0.05) is 25.0 Å². The number of aromatic nitrogens is 1. The highest BCUT2D eigenvalue weighted by Gasteiger charge is 2.22. The number of aliphatic hydroxyl groups is 1. The minimum atomic E-state index is -0.195. The van der Waals surface area contributed by atoms with Crippen LogP contribution in [0.3, 0.4) is 0 Å². The molecule has 22 heavy (non-hydrogen) atoms. The molecule has 1 fully saturated rings. The van der Waals surface area contributed by atoms with Crippen molar-refractivity contribution in [2.75, 3.05) is 11.9 Å². The fourth-order valence-electron chi connectivity index (χ4n) is 3.18. The van der Waals surface area contributed by atoms with E-state index < -0.39 is 0 Å². The number of hydrogen-bond donors (Lipinski definition) is 3. The standard InChI is InChI=1S/C17H23N3O2/c1-2-20-8-7-13-4-5-14(10-16(13)20)19-17(22)18-11-12-3-6-15(21)9-12/h4-5,7-8,10,12,15,21H,2-3,6,9,11H2,1H3,(H2,18,19,22)/t12-,15+/m0/s1. The van der Waals surface area contributed by atoms with Crippen LogP contribution in [0.15, 0.2) is 30.5 Å². The molecule has 1 heterocycles. The lowest BCUT2D eigenvalue weighted by Gasteiger charge is -2.12. The zero-order valence-corrected chi connectivity index (χ0v) is 12.9. The third kappa shape index (κ3) is 3.25. The zero-order valence-electron chi connectivity index (χ0n) is 12.9. The first-order valence-corrected chi connectivity index (χ1v) is 7.97. The number of hydrogen-bond acceptors (Lipinski definition) is 2. The number of amides is 2. The summed E-state index contributed by atoms with van der Waals surface area (Å²) >= 11 is 0. The van der Waals surface area contributed by atoms with Crippen LogP contribution in [0.5, 0.6) is 0 Å². The quantitative estimate of drug-likeness (QED) is 0.813. The lowest BCUT2D eigenvalue weighted by Crippen LogP contribution is -2.32. The second-order valence-corrected chi connectivity index (χ2v) is 6.04. The van der Waals surface area contributed by atoms with Crippen molar-refractivity contribution in [2.45, 2.75) is 38.8 Å². The molecular weight excluding hydrogens is 278 g/mol. The summed E-state index contributed by atoms with van der Waals surface area (Å²) in [5, 5.41) is 16.5. The number of carbonyl (C=O) groups is 1. The zero-order chi connectivity index (χ0) is 15.5. The van der Waals surface area contributed by atoms with Crippen molar-refractivity contribution >= 4 is 22.6 Å². The number of carbonyl (C=O) groups excluding carboxylic acids is 1. The fourth-order valence-corrected chi connectivity index (χ4v) is 3.18. The highest BCUT2D eigenvalue weighted by Crippen LogP contribution is 2.24. The molecule has 0 saturated heterocycles. The molecule has 3 N–H and O–H groups in total. The van der Waals surface area contributed by atoms with Crippen molar-refractivity contribution in [2.24, 2.45) is 5.92 Å². The number of anilines is 1. The predicted molar refractivity (Wildman–Crippen MR) is 88.0 cm³/mol. The Bertz CT molecular complexity index is 665. The van der Waals surface area contributed by atoms with E-state index in [9.17, 15) is 9.90 Å². The van der Waals surface area contributed by atoms with Gasteiger partial charge >= 0.3 is 6.03 Å². The van der Waals surface area contributed by atoms with E-state index in [2.05, 4.69) is 34.4 Å². The summed E-state index contributed by atoms with van der Waals surface area (Å²) in [6.45, 7) is 3.63. The van der Waals surface area contributed by atoms with Crippen LogP contribution in [-0.2, 0) is 6.54 Å². The molecule has 1 aromatic carbocycles. The lowest BCUT2D eigenvalue weighted by molar-refractivity contribution is 0.177. The average molecular weight is 301 g/mol. The fraction of sp³-hybridized carbons (Fsp3) is 0.471. The summed E-state index contributed by atoms with van der Waals surface area (Å²) in [6.07, 6.45) is 4.48. The van der Waals surface area contributed by atoms with Crippen LogP contribution in [0.4, 0.5) is 10.5 Å². The number of rotatable bonds is 4. The Kier molecular flexibility index (Phi) is 4.34. The Morgan fingerprint density at radius 3 is 2.95 bits per heavy atom. The van der Waals surface area contributed by atoms with Crippen molar-refractivity contribution in [3.8, 4) is 0 Å². The molecule has 0 unspecified atom stereocenters. The number of aliphatic hydroxyl groups excluding tert-OH is 1. The van der Waals surface area contributed by atoms with Gasteiger partial charge in [0.15, 0.2) is 0 Å². The number of urea groups is 1. The summed E-state index contributed by atoms with van der Waals surface area (Å²) in [5.41, 5.74) is 1.92. The van der Waals surface area contributed by atoms with Crippen LogP contribution in [-0.4, -0.2) is 28.4 Å². The Hall–Kier alpha value is -2.01. The average Bonchev–Trinajstić information content (AvgIpc) is 3.10. The summed E-state index contributed by atoms with van der Waals surface area (Å²) in [7, 11) is 0. The normalized spacial score (nSPS) is 21.2. The van der Waals surface area contributed by atoms with E-state index in [1.165, 1.54) is 5.39 Å². The molecule has 0 bridgehead atoms. The molecule has 2 amide bonds. The molecule has 0 aliphatic heterocycles. The van der Waals surface area contributed by atoms with Crippen molar-refractivity contribution in [3.05, 3.63) is 30.5 Å². The molecule has 1 aliphatic rings. The van der Waals surface area contributed by atoms with Crippen LogP contribution in [0.25, 0.3) is 10.9 Å². The number of aryl methyl sites for hydroxylation is 1. The van der Waals surface area contributed by atoms with E-state index in [0.717, 1.165) is 37.0 Å². The van der Waals surface area contributed by atoms with Gasteiger partial charge in [-0.25, -0.2) is 4.79 Å². The topological polar surface area (TPSA) is 66.3 Å². The maximum atomic E-state index is 12.0. The van der Waals surface area contributed by atoms with E-state index in [4.69, 9.17) is 0 Å². The second-order valence-electron chi connectivity index (χ2n) is 6.04. The molecule has 2 aromatic rings. The number of nitrogens with one attached hydrogen (secondary N) is 2. The van der Waals surface area contributed by atoms with E-state index in [-0.39, 0.29) is 12.1 Å². The molecule has 3 rings (SSSR count). The molecular formula is C17H23N3O2. The van der Waals surface area contributed by atoms with Gasteiger partial charge in [0.2, 0.25) is 0 Å². The number of benzene rings is 1.